The molecule has 1 aromatic heterocycles. The van der Waals surface area contributed by atoms with Crippen molar-refractivity contribution in [2.45, 2.75) is 36.8 Å². The van der Waals surface area contributed by atoms with Gasteiger partial charge in [-0.15, -0.1) is 0 Å². The molecule has 1 fully saturated rings. The monoisotopic (exact) mass is 349 g/mol. The SMILES string of the molecule is CO[C@H]1CCN(S(=O)(=O)c2cccc(C)c2)[C@@H]1Cc1cnn(C)c1. The Balaban J connectivity index is 1.92. The molecule has 0 N–H and O–H groups in total. The predicted molar refractivity (Wildman–Crippen MR) is 91.2 cm³/mol. The van der Waals surface area contributed by atoms with E-state index in [9.17, 15) is 8.42 Å². The number of sulfonamides is 1. The van der Waals surface area contributed by atoms with Crippen molar-refractivity contribution in [3.8, 4) is 0 Å². The molecule has 1 saturated heterocycles. The van der Waals surface area contributed by atoms with E-state index in [-0.39, 0.29) is 12.1 Å². The van der Waals surface area contributed by atoms with Crippen molar-refractivity contribution < 1.29 is 13.2 Å². The van der Waals surface area contributed by atoms with Crippen LogP contribution in [0, 0.1) is 6.92 Å². The van der Waals surface area contributed by atoms with E-state index in [1.54, 1.807) is 40.5 Å². The lowest BCUT2D eigenvalue weighted by atomic mass is 10.1. The van der Waals surface area contributed by atoms with Crippen molar-refractivity contribution in [2.75, 3.05) is 13.7 Å². The van der Waals surface area contributed by atoms with Crippen LogP contribution >= 0.6 is 0 Å². The van der Waals surface area contributed by atoms with Gasteiger partial charge in [-0.05, 0) is 43.0 Å². The molecule has 7 heteroatoms. The van der Waals surface area contributed by atoms with E-state index >= 15 is 0 Å². The van der Waals surface area contributed by atoms with Crippen molar-refractivity contribution >= 4 is 10.0 Å². The highest BCUT2D eigenvalue weighted by molar-refractivity contribution is 7.89. The maximum atomic E-state index is 13.1. The lowest BCUT2D eigenvalue weighted by molar-refractivity contribution is 0.0810. The van der Waals surface area contributed by atoms with Gasteiger partial charge in [-0.1, -0.05) is 12.1 Å². The van der Waals surface area contributed by atoms with Gasteiger partial charge in [0.05, 0.1) is 23.2 Å². The normalized spacial score (nSPS) is 22.1. The zero-order valence-corrected chi connectivity index (χ0v) is 15.0. The molecular formula is C17H23N3O3S. The molecule has 1 aliphatic rings. The van der Waals surface area contributed by atoms with Gasteiger partial charge in [0.1, 0.15) is 0 Å². The highest BCUT2D eigenvalue weighted by atomic mass is 32.2. The zero-order chi connectivity index (χ0) is 17.3. The highest BCUT2D eigenvalue weighted by Crippen LogP contribution is 2.30. The average molecular weight is 349 g/mol. The van der Waals surface area contributed by atoms with Gasteiger partial charge >= 0.3 is 0 Å². The van der Waals surface area contributed by atoms with Crippen molar-refractivity contribution in [1.82, 2.24) is 14.1 Å². The molecule has 1 aliphatic heterocycles. The molecule has 3 rings (SSSR count). The number of methoxy groups -OCH3 is 1. The van der Waals surface area contributed by atoms with Gasteiger partial charge < -0.3 is 4.74 Å². The number of hydrogen-bond donors (Lipinski definition) is 0. The Labute approximate surface area is 143 Å². The Morgan fingerprint density at radius 2 is 2.17 bits per heavy atom. The molecular weight excluding hydrogens is 326 g/mol. The quantitative estimate of drug-likeness (QED) is 0.825. The Bertz CT molecular complexity index is 816. The van der Waals surface area contributed by atoms with Gasteiger partial charge in [0.15, 0.2) is 0 Å². The number of aromatic nitrogens is 2. The van der Waals surface area contributed by atoms with Crippen LogP contribution in [0.25, 0.3) is 0 Å². The van der Waals surface area contributed by atoms with E-state index in [0.717, 1.165) is 11.1 Å². The molecule has 130 valence electrons. The summed E-state index contributed by atoms with van der Waals surface area (Å²) >= 11 is 0. The maximum Gasteiger partial charge on any atom is 0.243 e. The number of benzene rings is 1. The molecule has 0 saturated carbocycles. The molecule has 2 atom stereocenters. The molecule has 0 aliphatic carbocycles. The van der Waals surface area contributed by atoms with Crippen LogP contribution in [0.4, 0.5) is 0 Å². The predicted octanol–water partition coefficient (Wildman–Crippen LogP) is 1.75. The second-order valence-corrected chi connectivity index (χ2v) is 8.18. The third-order valence-corrected chi connectivity index (χ3v) is 6.46. The first-order valence-corrected chi connectivity index (χ1v) is 9.44. The second kappa shape index (κ2) is 6.66. The zero-order valence-electron chi connectivity index (χ0n) is 14.2. The molecule has 0 spiro atoms. The van der Waals surface area contributed by atoms with Crippen LogP contribution in [0.2, 0.25) is 0 Å². The molecule has 0 bridgehead atoms. The van der Waals surface area contributed by atoms with E-state index in [2.05, 4.69) is 5.10 Å². The molecule has 0 amide bonds. The third kappa shape index (κ3) is 3.24. The summed E-state index contributed by atoms with van der Waals surface area (Å²) in [6.07, 6.45) is 4.89. The molecule has 6 nitrogen and oxygen atoms in total. The molecule has 1 aromatic carbocycles. The van der Waals surface area contributed by atoms with E-state index in [4.69, 9.17) is 4.74 Å². The number of rotatable bonds is 5. The van der Waals surface area contributed by atoms with Gasteiger partial charge in [0, 0.05) is 26.9 Å². The van der Waals surface area contributed by atoms with Crippen molar-refractivity contribution in [3.63, 3.8) is 0 Å². The van der Waals surface area contributed by atoms with Gasteiger partial charge in [-0.3, -0.25) is 4.68 Å². The fraction of sp³-hybridized carbons (Fsp3) is 0.471. The van der Waals surface area contributed by atoms with Gasteiger partial charge in [0.2, 0.25) is 10.0 Å². The first kappa shape index (κ1) is 17.1. The number of aryl methyl sites for hydroxylation is 2. The Morgan fingerprint density at radius 3 is 2.79 bits per heavy atom. The third-order valence-electron chi connectivity index (χ3n) is 4.54. The summed E-state index contributed by atoms with van der Waals surface area (Å²) in [6, 6.07) is 6.83. The summed E-state index contributed by atoms with van der Waals surface area (Å²) < 4.78 is 35.1. The van der Waals surface area contributed by atoms with E-state index in [1.807, 2.05) is 26.2 Å². The lowest BCUT2D eigenvalue weighted by Gasteiger charge is -2.26. The molecule has 24 heavy (non-hydrogen) atoms. The molecule has 2 heterocycles. The van der Waals surface area contributed by atoms with E-state index in [0.29, 0.717) is 24.3 Å². The standard InChI is InChI=1S/C17H23N3O3S/c1-13-5-4-6-15(9-13)24(21,22)20-8-7-17(23-3)16(20)10-14-11-18-19(2)12-14/h4-6,9,11-12,16-17H,7-8,10H2,1-3H3/t16-,17+/m1/s1. The molecule has 2 aromatic rings. The second-order valence-electron chi connectivity index (χ2n) is 6.29. The van der Waals surface area contributed by atoms with Crippen LogP contribution in [0.5, 0.6) is 0 Å². The van der Waals surface area contributed by atoms with Gasteiger partial charge in [-0.2, -0.15) is 9.40 Å². The Hall–Kier alpha value is -1.70. The fourth-order valence-electron chi connectivity index (χ4n) is 3.33. The number of nitrogens with zero attached hydrogens (tertiary/aromatic N) is 3. The van der Waals surface area contributed by atoms with Crippen LogP contribution in [0.15, 0.2) is 41.6 Å². The largest absolute Gasteiger partial charge is 0.380 e. The Kier molecular flexibility index (Phi) is 4.76. The van der Waals surface area contributed by atoms with E-state index < -0.39 is 10.0 Å². The van der Waals surface area contributed by atoms with Crippen LogP contribution in [0.3, 0.4) is 0 Å². The van der Waals surface area contributed by atoms with Crippen LogP contribution in [0.1, 0.15) is 17.5 Å². The summed E-state index contributed by atoms with van der Waals surface area (Å²) in [4.78, 5) is 0.343. The smallest absolute Gasteiger partial charge is 0.243 e. The van der Waals surface area contributed by atoms with E-state index in [1.165, 1.54) is 0 Å². The fourth-order valence-corrected chi connectivity index (χ4v) is 5.10. The first-order chi connectivity index (χ1) is 11.4. The Morgan fingerprint density at radius 1 is 1.38 bits per heavy atom. The van der Waals surface area contributed by atoms with Crippen molar-refractivity contribution in [1.29, 1.82) is 0 Å². The molecule has 0 radical (unpaired) electrons. The first-order valence-electron chi connectivity index (χ1n) is 8.00. The van der Waals surface area contributed by atoms with Crippen LogP contribution in [-0.2, 0) is 28.2 Å². The highest BCUT2D eigenvalue weighted by Gasteiger charge is 2.41. The van der Waals surface area contributed by atoms with Crippen molar-refractivity contribution in [3.05, 3.63) is 47.8 Å². The average Bonchev–Trinajstić information content (AvgIpc) is 3.14. The minimum Gasteiger partial charge on any atom is -0.380 e. The van der Waals surface area contributed by atoms with Crippen LogP contribution < -0.4 is 0 Å². The number of ether oxygens (including phenoxy) is 1. The molecule has 0 unspecified atom stereocenters. The summed E-state index contributed by atoms with van der Waals surface area (Å²) in [6.45, 7) is 2.37. The summed E-state index contributed by atoms with van der Waals surface area (Å²) in [7, 11) is -0.0436. The number of hydrogen-bond acceptors (Lipinski definition) is 4. The summed E-state index contributed by atoms with van der Waals surface area (Å²) in [5.41, 5.74) is 1.94. The minimum atomic E-state index is -3.54. The van der Waals surface area contributed by atoms with Crippen molar-refractivity contribution in [2.24, 2.45) is 7.05 Å². The lowest BCUT2D eigenvalue weighted by Crippen LogP contribution is -2.41. The summed E-state index contributed by atoms with van der Waals surface area (Å²) in [5.74, 6) is 0. The minimum absolute atomic E-state index is 0.107. The van der Waals surface area contributed by atoms with Gasteiger partial charge in [-0.25, -0.2) is 8.42 Å². The topological polar surface area (TPSA) is 64.4 Å². The van der Waals surface area contributed by atoms with Gasteiger partial charge in [0.25, 0.3) is 0 Å². The summed E-state index contributed by atoms with van der Waals surface area (Å²) in [5, 5.41) is 4.17. The van der Waals surface area contributed by atoms with Crippen LogP contribution in [-0.4, -0.2) is 48.3 Å². The maximum absolute atomic E-state index is 13.1.